The molecule has 0 aromatic heterocycles. The lowest BCUT2D eigenvalue weighted by Crippen LogP contribution is -2.07. The van der Waals surface area contributed by atoms with Gasteiger partial charge in [0.2, 0.25) is 0 Å². The molecule has 0 fully saturated rings. The van der Waals surface area contributed by atoms with Crippen LogP contribution in [-0.4, -0.2) is 10.9 Å². The first-order valence-electron chi connectivity index (χ1n) is 5.61. The zero-order chi connectivity index (χ0) is 14.5. The summed E-state index contributed by atoms with van der Waals surface area (Å²) in [6.45, 7) is 2.89. The van der Waals surface area contributed by atoms with Gasteiger partial charge in [-0.15, -0.1) is 0 Å². The molecule has 0 saturated carbocycles. The van der Waals surface area contributed by atoms with Crippen molar-refractivity contribution in [3.63, 3.8) is 0 Å². The molecular weight excluding hydrogens is 273 g/mol. The Morgan fingerprint density at radius 1 is 1.37 bits per heavy atom. The Bertz CT molecular complexity index is 524. The van der Waals surface area contributed by atoms with Gasteiger partial charge in [0, 0.05) is 24.7 Å². The van der Waals surface area contributed by atoms with E-state index in [0.717, 1.165) is 17.8 Å². The Balaban J connectivity index is 2.75. The highest BCUT2D eigenvalue weighted by Crippen LogP contribution is 2.32. The zero-order valence-electron chi connectivity index (χ0n) is 10.6. The van der Waals surface area contributed by atoms with Crippen molar-refractivity contribution < 1.29 is 18.0 Å². The van der Waals surface area contributed by atoms with Gasteiger partial charge in [-0.25, -0.2) is 0 Å². The summed E-state index contributed by atoms with van der Waals surface area (Å²) in [6.07, 6.45) is -3.88. The molecule has 0 aliphatic heterocycles. The van der Waals surface area contributed by atoms with E-state index in [0.29, 0.717) is 17.7 Å². The van der Waals surface area contributed by atoms with Gasteiger partial charge in [0.25, 0.3) is 0 Å². The number of aryl methyl sites for hydroxylation is 1. The number of alkyl halides is 3. The molecule has 1 aromatic carbocycles. The number of thioether (sulfide) groups is 1. The summed E-state index contributed by atoms with van der Waals surface area (Å²) < 4.78 is 38.0. The third kappa shape index (κ3) is 5.39. The average Bonchev–Trinajstić information content (AvgIpc) is 2.28. The van der Waals surface area contributed by atoms with E-state index in [1.54, 1.807) is 6.07 Å². The third-order valence-electron chi connectivity index (χ3n) is 2.31. The largest absolute Gasteiger partial charge is 0.416 e. The maximum atomic E-state index is 12.7. The Labute approximate surface area is 114 Å². The summed E-state index contributed by atoms with van der Waals surface area (Å²) in [4.78, 5) is 10.7. The van der Waals surface area contributed by atoms with Gasteiger partial charge >= 0.3 is 6.18 Å². The Morgan fingerprint density at radius 3 is 2.63 bits per heavy atom. The van der Waals surface area contributed by atoms with E-state index in [2.05, 4.69) is 11.8 Å². The van der Waals surface area contributed by atoms with E-state index in [-0.39, 0.29) is 10.7 Å². The fourth-order valence-corrected chi connectivity index (χ4v) is 1.91. The molecule has 19 heavy (non-hydrogen) atoms. The molecule has 0 atom stereocenters. The molecule has 0 unspecified atom stereocenters. The second-order valence-corrected chi connectivity index (χ2v) is 5.19. The van der Waals surface area contributed by atoms with Crippen LogP contribution in [0.4, 0.5) is 13.2 Å². The van der Waals surface area contributed by atoms with E-state index in [9.17, 15) is 18.0 Å². The summed E-state index contributed by atoms with van der Waals surface area (Å²) in [5.74, 6) is 6.00. The minimum atomic E-state index is -4.35. The number of hydrogen-bond acceptors (Lipinski definition) is 2. The quantitative estimate of drug-likeness (QED) is 0.603. The van der Waals surface area contributed by atoms with Gasteiger partial charge in [0.15, 0.2) is 5.12 Å². The van der Waals surface area contributed by atoms with Crippen LogP contribution >= 0.6 is 11.8 Å². The zero-order valence-corrected chi connectivity index (χ0v) is 11.4. The van der Waals surface area contributed by atoms with Crippen molar-refractivity contribution >= 4 is 16.9 Å². The minimum Gasteiger partial charge on any atom is -0.288 e. The van der Waals surface area contributed by atoms with E-state index in [1.807, 2.05) is 0 Å². The molecule has 0 aliphatic carbocycles. The summed E-state index contributed by atoms with van der Waals surface area (Å²) in [5, 5.41) is 0.0106. The molecule has 5 heteroatoms. The lowest BCUT2D eigenvalue weighted by molar-refractivity contribution is -0.138. The maximum Gasteiger partial charge on any atom is 0.416 e. The highest BCUT2D eigenvalue weighted by molar-refractivity contribution is 8.13. The highest BCUT2D eigenvalue weighted by Gasteiger charge is 2.32. The number of carbonyl (C=O) groups is 1. The van der Waals surface area contributed by atoms with Crippen molar-refractivity contribution in [2.24, 2.45) is 0 Å². The smallest absolute Gasteiger partial charge is 0.288 e. The second kappa shape index (κ2) is 6.67. The standard InChI is InChI=1S/C14H13F3OS/c1-10-6-7-12(9-13(10)14(15,16)17)5-3-4-8-19-11(2)18/h6-7,9H,4,8H2,1-2H3. The van der Waals surface area contributed by atoms with Gasteiger partial charge in [-0.1, -0.05) is 29.7 Å². The van der Waals surface area contributed by atoms with Crippen molar-refractivity contribution in [3.8, 4) is 11.8 Å². The van der Waals surface area contributed by atoms with Crippen molar-refractivity contribution in [1.29, 1.82) is 0 Å². The molecule has 1 rings (SSSR count). The van der Waals surface area contributed by atoms with Crippen molar-refractivity contribution in [3.05, 3.63) is 34.9 Å². The summed E-state index contributed by atoms with van der Waals surface area (Å²) >= 11 is 1.15. The van der Waals surface area contributed by atoms with Crippen LogP contribution in [0.25, 0.3) is 0 Å². The van der Waals surface area contributed by atoms with Crippen LogP contribution in [0.15, 0.2) is 18.2 Å². The monoisotopic (exact) mass is 286 g/mol. The number of rotatable bonds is 2. The van der Waals surface area contributed by atoms with Crippen LogP contribution in [0.3, 0.4) is 0 Å². The summed E-state index contributed by atoms with van der Waals surface area (Å²) in [7, 11) is 0. The van der Waals surface area contributed by atoms with Crippen molar-refractivity contribution in [2.75, 3.05) is 5.75 Å². The van der Waals surface area contributed by atoms with E-state index in [4.69, 9.17) is 0 Å². The predicted octanol–water partition coefficient (Wildman–Crippen LogP) is 4.04. The predicted molar refractivity (Wildman–Crippen MR) is 70.8 cm³/mol. The fourth-order valence-electron chi connectivity index (χ4n) is 1.42. The van der Waals surface area contributed by atoms with Gasteiger partial charge in [-0.3, -0.25) is 4.79 Å². The van der Waals surface area contributed by atoms with Gasteiger partial charge in [0.1, 0.15) is 0 Å². The first-order valence-corrected chi connectivity index (χ1v) is 6.59. The first kappa shape index (κ1) is 15.6. The Kier molecular flexibility index (Phi) is 5.49. The topological polar surface area (TPSA) is 17.1 Å². The second-order valence-electron chi connectivity index (χ2n) is 3.92. The van der Waals surface area contributed by atoms with E-state index in [1.165, 1.54) is 19.9 Å². The lowest BCUT2D eigenvalue weighted by atomic mass is 10.0. The highest BCUT2D eigenvalue weighted by atomic mass is 32.2. The lowest BCUT2D eigenvalue weighted by Gasteiger charge is -2.09. The van der Waals surface area contributed by atoms with Crippen LogP contribution in [0, 0.1) is 18.8 Å². The number of hydrogen-bond donors (Lipinski definition) is 0. The van der Waals surface area contributed by atoms with Crippen LogP contribution < -0.4 is 0 Å². The van der Waals surface area contributed by atoms with Crippen LogP contribution in [0.1, 0.15) is 30.0 Å². The number of benzene rings is 1. The average molecular weight is 286 g/mol. The Morgan fingerprint density at radius 2 is 2.05 bits per heavy atom. The molecule has 0 spiro atoms. The molecule has 102 valence electrons. The van der Waals surface area contributed by atoms with E-state index < -0.39 is 11.7 Å². The Hall–Kier alpha value is -1.41. The van der Waals surface area contributed by atoms with Gasteiger partial charge < -0.3 is 0 Å². The number of halogens is 3. The molecule has 0 bridgehead atoms. The van der Waals surface area contributed by atoms with E-state index >= 15 is 0 Å². The van der Waals surface area contributed by atoms with Gasteiger partial charge in [-0.05, 0) is 24.6 Å². The van der Waals surface area contributed by atoms with Crippen molar-refractivity contribution in [2.45, 2.75) is 26.4 Å². The summed E-state index contributed by atoms with van der Waals surface area (Å²) in [5.41, 5.74) is -0.131. The molecule has 0 saturated heterocycles. The van der Waals surface area contributed by atoms with Crippen molar-refractivity contribution in [1.82, 2.24) is 0 Å². The summed E-state index contributed by atoms with van der Waals surface area (Å²) in [6, 6.07) is 4.04. The molecule has 0 N–H and O–H groups in total. The molecule has 0 radical (unpaired) electrons. The first-order chi connectivity index (χ1) is 8.80. The molecule has 0 aliphatic rings. The molecule has 0 amide bonds. The molecular formula is C14H13F3OS. The maximum absolute atomic E-state index is 12.7. The molecule has 1 nitrogen and oxygen atoms in total. The van der Waals surface area contributed by atoms with Crippen LogP contribution in [-0.2, 0) is 11.0 Å². The SMILES string of the molecule is CC(=O)SCCC#Cc1ccc(C)c(C(F)(F)F)c1. The molecule has 0 heterocycles. The number of carbonyl (C=O) groups excluding carboxylic acids is 1. The van der Waals surface area contributed by atoms with Crippen LogP contribution in [0.5, 0.6) is 0 Å². The molecule has 1 aromatic rings. The normalized spacial score (nSPS) is 10.8. The third-order valence-corrected chi connectivity index (χ3v) is 3.12. The van der Waals surface area contributed by atoms with Gasteiger partial charge in [-0.2, -0.15) is 13.2 Å². The van der Waals surface area contributed by atoms with Gasteiger partial charge in [0.05, 0.1) is 5.56 Å². The minimum absolute atomic E-state index is 0.0106. The van der Waals surface area contributed by atoms with Crippen LogP contribution in [0.2, 0.25) is 0 Å². The fraction of sp³-hybridized carbons (Fsp3) is 0.357.